The lowest BCUT2D eigenvalue weighted by atomic mass is 10.0. The second kappa shape index (κ2) is 6.26. The second-order valence-corrected chi connectivity index (χ2v) is 3.88. The number of esters is 1. The molecule has 0 aliphatic heterocycles. The molecule has 0 spiro atoms. The highest BCUT2D eigenvalue weighted by Crippen LogP contribution is 2.30. The van der Waals surface area contributed by atoms with Crippen molar-refractivity contribution in [3.05, 3.63) is 23.3 Å². The Morgan fingerprint density at radius 1 is 1.22 bits per heavy atom. The van der Waals surface area contributed by atoms with E-state index in [4.69, 9.17) is 9.47 Å². The van der Waals surface area contributed by atoms with E-state index in [0.29, 0.717) is 11.5 Å². The van der Waals surface area contributed by atoms with E-state index in [9.17, 15) is 9.90 Å². The average molecular weight is 254 g/mol. The number of aliphatic hydroxyl groups excluding tert-OH is 1. The fraction of sp³-hybridized carbons (Fsp3) is 0.462. The van der Waals surface area contributed by atoms with E-state index in [1.54, 1.807) is 19.2 Å². The summed E-state index contributed by atoms with van der Waals surface area (Å²) in [6.07, 6.45) is -0.995. The summed E-state index contributed by atoms with van der Waals surface area (Å²) in [6, 6.07) is 3.55. The first-order valence-corrected chi connectivity index (χ1v) is 5.50. The number of aryl methyl sites for hydroxylation is 1. The van der Waals surface area contributed by atoms with E-state index in [2.05, 4.69) is 4.74 Å². The number of carbonyl (C=O) groups is 1. The summed E-state index contributed by atoms with van der Waals surface area (Å²) < 4.78 is 14.8. The molecule has 0 aliphatic rings. The van der Waals surface area contributed by atoms with Crippen molar-refractivity contribution >= 4 is 5.97 Å². The summed E-state index contributed by atoms with van der Waals surface area (Å²) in [7, 11) is 4.33. The number of hydrogen-bond acceptors (Lipinski definition) is 5. The van der Waals surface area contributed by atoms with Gasteiger partial charge in [0.2, 0.25) is 0 Å². The Morgan fingerprint density at radius 2 is 1.78 bits per heavy atom. The average Bonchev–Trinajstić information content (AvgIpc) is 2.39. The summed E-state index contributed by atoms with van der Waals surface area (Å²) in [5.74, 6) is 0.533. The number of benzene rings is 1. The maximum absolute atomic E-state index is 11.2. The fourth-order valence-corrected chi connectivity index (χ4v) is 1.67. The first kappa shape index (κ1) is 14.3. The molecule has 5 nitrogen and oxygen atoms in total. The van der Waals surface area contributed by atoms with Crippen molar-refractivity contribution in [3.63, 3.8) is 0 Å². The zero-order chi connectivity index (χ0) is 13.7. The number of methoxy groups -OCH3 is 3. The molecule has 100 valence electrons. The molecule has 18 heavy (non-hydrogen) atoms. The molecular formula is C13H18O5. The van der Waals surface area contributed by atoms with Crippen LogP contribution < -0.4 is 9.47 Å². The number of ether oxygens (including phenoxy) is 3. The van der Waals surface area contributed by atoms with Crippen molar-refractivity contribution in [2.45, 2.75) is 19.4 Å². The monoisotopic (exact) mass is 254 g/mol. The summed E-state index contributed by atoms with van der Waals surface area (Å²) in [5.41, 5.74) is 1.72. The molecule has 1 aromatic rings. The van der Waals surface area contributed by atoms with Crippen LogP contribution in [0, 0.1) is 6.92 Å². The fourth-order valence-electron chi connectivity index (χ4n) is 1.67. The van der Waals surface area contributed by atoms with Gasteiger partial charge in [0, 0.05) is 6.42 Å². The van der Waals surface area contributed by atoms with Crippen LogP contribution in [0.5, 0.6) is 11.5 Å². The van der Waals surface area contributed by atoms with Crippen LogP contribution >= 0.6 is 0 Å². The minimum atomic E-state index is -1.17. The molecule has 0 fully saturated rings. The third-order valence-corrected chi connectivity index (χ3v) is 2.73. The van der Waals surface area contributed by atoms with Crippen LogP contribution in [0.1, 0.15) is 11.1 Å². The van der Waals surface area contributed by atoms with Crippen LogP contribution in [-0.4, -0.2) is 38.5 Å². The molecule has 1 N–H and O–H groups in total. The maximum atomic E-state index is 11.2. The first-order chi connectivity index (χ1) is 8.53. The number of hydrogen-bond donors (Lipinski definition) is 1. The molecule has 1 atom stereocenters. The summed E-state index contributed by atoms with van der Waals surface area (Å²) in [5, 5.41) is 9.64. The standard InChI is InChI=1S/C13H18O5/c1-8-5-11(16-2)12(17-3)7-9(8)6-10(14)13(15)18-4/h5,7,10,14H,6H2,1-4H3. The SMILES string of the molecule is COC(=O)C(O)Cc1cc(OC)c(OC)cc1C. The predicted molar refractivity (Wildman–Crippen MR) is 66.0 cm³/mol. The molecule has 5 heteroatoms. The number of rotatable bonds is 5. The van der Waals surface area contributed by atoms with Gasteiger partial charge in [-0.05, 0) is 30.2 Å². The van der Waals surface area contributed by atoms with Crippen molar-refractivity contribution in [3.8, 4) is 11.5 Å². The van der Waals surface area contributed by atoms with Gasteiger partial charge in [0.1, 0.15) is 0 Å². The Kier molecular flexibility index (Phi) is 4.97. The number of aliphatic hydroxyl groups is 1. The van der Waals surface area contributed by atoms with E-state index in [1.165, 1.54) is 14.2 Å². The predicted octanol–water partition coefficient (Wildman–Crippen LogP) is 1.09. The van der Waals surface area contributed by atoms with Crippen LogP contribution in [0.2, 0.25) is 0 Å². The van der Waals surface area contributed by atoms with Crippen molar-refractivity contribution < 1.29 is 24.1 Å². The first-order valence-electron chi connectivity index (χ1n) is 5.50. The summed E-state index contributed by atoms with van der Waals surface area (Å²) in [6.45, 7) is 1.88. The van der Waals surface area contributed by atoms with E-state index < -0.39 is 12.1 Å². The summed E-state index contributed by atoms with van der Waals surface area (Å²) >= 11 is 0. The highest BCUT2D eigenvalue weighted by molar-refractivity contribution is 5.74. The van der Waals surface area contributed by atoms with Gasteiger partial charge in [-0.25, -0.2) is 4.79 Å². The molecule has 1 aromatic carbocycles. The smallest absolute Gasteiger partial charge is 0.335 e. The van der Waals surface area contributed by atoms with Crippen molar-refractivity contribution in [2.24, 2.45) is 0 Å². The van der Waals surface area contributed by atoms with Gasteiger partial charge in [-0.1, -0.05) is 0 Å². The molecular weight excluding hydrogens is 236 g/mol. The van der Waals surface area contributed by atoms with Gasteiger partial charge < -0.3 is 19.3 Å². The minimum absolute atomic E-state index is 0.179. The highest BCUT2D eigenvalue weighted by Gasteiger charge is 2.18. The van der Waals surface area contributed by atoms with Gasteiger partial charge in [0.15, 0.2) is 17.6 Å². The number of carbonyl (C=O) groups excluding carboxylic acids is 1. The molecule has 0 saturated heterocycles. The van der Waals surface area contributed by atoms with E-state index in [1.807, 2.05) is 6.92 Å². The van der Waals surface area contributed by atoms with Crippen molar-refractivity contribution in [1.82, 2.24) is 0 Å². The molecule has 1 rings (SSSR count). The zero-order valence-corrected chi connectivity index (χ0v) is 11.0. The third-order valence-electron chi connectivity index (χ3n) is 2.73. The van der Waals surface area contributed by atoms with Gasteiger partial charge in [-0.2, -0.15) is 0 Å². The van der Waals surface area contributed by atoms with E-state index >= 15 is 0 Å². The molecule has 1 unspecified atom stereocenters. The molecule has 0 radical (unpaired) electrons. The Bertz CT molecular complexity index is 428. The lowest BCUT2D eigenvalue weighted by Gasteiger charge is -2.14. The van der Waals surface area contributed by atoms with Crippen LogP contribution in [0.4, 0.5) is 0 Å². The van der Waals surface area contributed by atoms with Gasteiger partial charge in [-0.3, -0.25) is 0 Å². The van der Waals surface area contributed by atoms with E-state index in [-0.39, 0.29) is 6.42 Å². The van der Waals surface area contributed by atoms with Crippen LogP contribution in [0.15, 0.2) is 12.1 Å². The molecule has 0 bridgehead atoms. The van der Waals surface area contributed by atoms with Crippen LogP contribution in [0.3, 0.4) is 0 Å². The quantitative estimate of drug-likeness (QED) is 0.797. The Hall–Kier alpha value is -1.75. The maximum Gasteiger partial charge on any atom is 0.335 e. The lowest BCUT2D eigenvalue weighted by Crippen LogP contribution is -2.24. The zero-order valence-electron chi connectivity index (χ0n) is 11.0. The van der Waals surface area contributed by atoms with E-state index in [0.717, 1.165) is 11.1 Å². The largest absolute Gasteiger partial charge is 0.493 e. The molecule has 0 amide bonds. The van der Waals surface area contributed by atoms with Gasteiger partial charge in [-0.15, -0.1) is 0 Å². The molecule has 0 saturated carbocycles. The molecule has 0 heterocycles. The van der Waals surface area contributed by atoms with Crippen LogP contribution in [0.25, 0.3) is 0 Å². The minimum Gasteiger partial charge on any atom is -0.493 e. The van der Waals surface area contributed by atoms with Gasteiger partial charge in [0.05, 0.1) is 21.3 Å². The molecule has 0 aliphatic carbocycles. The van der Waals surface area contributed by atoms with Gasteiger partial charge in [0.25, 0.3) is 0 Å². The molecule has 0 aromatic heterocycles. The Morgan fingerprint density at radius 3 is 2.28 bits per heavy atom. The second-order valence-electron chi connectivity index (χ2n) is 3.88. The highest BCUT2D eigenvalue weighted by atomic mass is 16.5. The topological polar surface area (TPSA) is 65.0 Å². The van der Waals surface area contributed by atoms with Crippen molar-refractivity contribution in [1.29, 1.82) is 0 Å². The third kappa shape index (κ3) is 3.13. The normalized spacial score (nSPS) is 11.8. The lowest BCUT2D eigenvalue weighted by molar-refractivity contribution is -0.150. The Balaban J connectivity index is 2.99. The summed E-state index contributed by atoms with van der Waals surface area (Å²) in [4.78, 5) is 11.2. The Labute approximate surface area is 106 Å². The van der Waals surface area contributed by atoms with Crippen molar-refractivity contribution in [2.75, 3.05) is 21.3 Å². The van der Waals surface area contributed by atoms with Crippen LogP contribution in [-0.2, 0) is 16.0 Å². The van der Waals surface area contributed by atoms with Gasteiger partial charge >= 0.3 is 5.97 Å².